The van der Waals surface area contributed by atoms with E-state index in [0.717, 1.165) is 6.07 Å². The second kappa shape index (κ2) is 3.81. The number of hydrogen-bond acceptors (Lipinski definition) is 2. The topological polar surface area (TPSA) is 21.6 Å². The van der Waals surface area contributed by atoms with Crippen LogP contribution in [0.1, 0.15) is 16.7 Å². The lowest BCUT2D eigenvalue weighted by atomic mass is 10.0. The van der Waals surface area contributed by atoms with Crippen LogP contribution in [0.25, 0.3) is 0 Å². The molecule has 0 fully saturated rings. The van der Waals surface area contributed by atoms with E-state index in [1.807, 2.05) is 0 Å². The molecule has 0 radical (unpaired) electrons. The molecule has 0 amide bonds. The fourth-order valence-corrected chi connectivity index (χ4v) is 1.67. The molecule has 0 aliphatic carbocycles. The monoisotopic (exact) mass is 229 g/mol. The lowest BCUT2D eigenvalue weighted by molar-refractivity contribution is -0.138. The van der Waals surface area contributed by atoms with Crippen LogP contribution in [0.4, 0.5) is 13.2 Å². The molecule has 1 aliphatic heterocycles. The number of halogens is 3. The minimum absolute atomic E-state index is 0.163. The number of benzene rings is 1. The zero-order chi connectivity index (χ0) is 11.8. The number of alkyl halides is 3. The maximum atomic E-state index is 12.6. The molecule has 0 atom stereocenters. The third-order valence-corrected chi connectivity index (χ3v) is 2.46. The average molecular weight is 229 g/mol. The predicted molar refractivity (Wildman–Crippen MR) is 53.5 cm³/mol. The van der Waals surface area contributed by atoms with Crippen molar-refractivity contribution in [1.82, 2.24) is 0 Å². The number of ether oxygens (including phenoxy) is 1. The van der Waals surface area contributed by atoms with Crippen molar-refractivity contribution in [2.75, 3.05) is 13.2 Å². The van der Waals surface area contributed by atoms with E-state index in [9.17, 15) is 13.2 Å². The third-order valence-electron chi connectivity index (χ3n) is 2.46. The van der Waals surface area contributed by atoms with E-state index < -0.39 is 11.7 Å². The van der Waals surface area contributed by atoms with Gasteiger partial charge in [0.25, 0.3) is 0 Å². The molecule has 0 bridgehead atoms. The zero-order valence-corrected chi connectivity index (χ0v) is 8.64. The second-order valence-corrected chi connectivity index (χ2v) is 3.51. The summed E-state index contributed by atoms with van der Waals surface area (Å²) in [5, 5.41) is 0. The first-order valence-corrected chi connectivity index (χ1v) is 4.84. The van der Waals surface area contributed by atoms with Gasteiger partial charge in [-0.05, 0) is 24.6 Å². The van der Waals surface area contributed by atoms with Gasteiger partial charge in [-0.25, -0.2) is 4.99 Å². The second-order valence-electron chi connectivity index (χ2n) is 3.51. The van der Waals surface area contributed by atoms with Crippen molar-refractivity contribution in [3.63, 3.8) is 0 Å². The van der Waals surface area contributed by atoms with E-state index in [-0.39, 0.29) is 5.56 Å². The summed E-state index contributed by atoms with van der Waals surface area (Å²) in [4.78, 5) is 4.02. The first-order valence-electron chi connectivity index (χ1n) is 4.84. The minimum atomic E-state index is -4.33. The molecule has 5 heteroatoms. The van der Waals surface area contributed by atoms with Crippen LogP contribution in [0.2, 0.25) is 0 Å². The standard InChI is InChI=1S/C11H10F3NO/c1-7-8(10-15-5-6-16-10)3-2-4-9(7)11(12,13)14/h2-4H,5-6H2,1H3. The molecule has 86 valence electrons. The van der Waals surface area contributed by atoms with Crippen molar-refractivity contribution in [3.8, 4) is 0 Å². The first kappa shape index (κ1) is 11.0. The molecule has 1 heterocycles. The minimum Gasteiger partial charge on any atom is -0.476 e. The molecule has 0 saturated heterocycles. The van der Waals surface area contributed by atoms with Crippen LogP contribution in [0.3, 0.4) is 0 Å². The summed E-state index contributed by atoms with van der Waals surface area (Å²) in [5.41, 5.74) is -0.0498. The number of rotatable bonds is 1. The lowest BCUT2D eigenvalue weighted by Crippen LogP contribution is -2.12. The highest BCUT2D eigenvalue weighted by molar-refractivity contribution is 5.96. The molecule has 0 spiro atoms. The Labute approximate surface area is 90.8 Å². The molecule has 1 aromatic rings. The maximum absolute atomic E-state index is 12.6. The predicted octanol–water partition coefficient (Wildman–Crippen LogP) is 2.79. The van der Waals surface area contributed by atoms with Crippen LogP contribution in [0.15, 0.2) is 23.2 Å². The maximum Gasteiger partial charge on any atom is 0.416 e. The molecular formula is C11H10F3NO. The van der Waals surface area contributed by atoms with Gasteiger partial charge in [-0.3, -0.25) is 0 Å². The van der Waals surface area contributed by atoms with Crippen LogP contribution in [0, 0.1) is 6.92 Å². The van der Waals surface area contributed by atoms with E-state index in [1.54, 1.807) is 6.07 Å². The highest BCUT2D eigenvalue weighted by Crippen LogP contribution is 2.33. The molecule has 0 saturated carbocycles. The third kappa shape index (κ3) is 1.89. The van der Waals surface area contributed by atoms with Crippen molar-refractivity contribution < 1.29 is 17.9 Å². The fraction of sp³-hybridized carbons (Fsp3) is 0.364. The summed E-state index contributed by atoms with van der Waals surface area (Å²) in [6.45, 7) is 2.37. The Hall–Kier alpha value is -1.52. The molecule has 16 heavy (non-hydrogen) atoms. The summed E-state index contributed by atoms with van der Waals surface area (Å²) in [5.74, 6) is 0.309. The van der Waals surface area contributed by atoms with E-state index in [0.29, 0.717) is 24.6 Å². The van der Waals surface area contributed by atoms with Gasteiger partial charge in [-0.15, -0.1) is 0 Å². The van der Waals surface area contributed by atoms with Crippen molar-refractivity contribution in [2.24, 2.45) is 4.99 Å². The first-order chi connectivity index (χ1) is 7.50. The molecular weight excluding hydrogens is 219 g/mol. The van der Waals surface area contributed by atoms with Gasteiger partial charge in [0.15, 0.2) is 0 Å². The van der Waals surface area contributed by atoms with Gasteiger partial charge in [-0.2, -0.15) is 13.2 Å². The summed E-state index contributed by atoms with van der Waals surface area (Å²) >= 11 is 0. The molecule has 2 nitrogen and oxygen atoms in total. The van der Waals surface area contributed by atoms with E-state index in [4.69, 9.17) is 4.74 Å². The number of hydrogen-bond donors (Lipinski definition) is 0. The Morgan fingerprint density at radius 3 is 2.62 bits per heavy atom. The zero-order valence-electron chi connectivity index (χ0n) is 8.64. The Balaban J connectivity index is 2.48. The van der Waals surface area contributed by atoms with Gasteiger partial charge < -0.3 is 4.74 Å². The summed E-state index contributed by atoms with van der Waals surface area (Å²) in [6, 6.07) is 4.03. The summed E-state index contributed by atoms with van der Waals surface area (Å²) < 4.78 is 43.1. The van der Waals surface area contributed by atoms with Gasteiger partial charge in [-0.1, -0.05) is 6.07 Å². The quantitative estimate of drug-likeness (QED) is 0.725. The molecule has 0 N–H and O–H groups in total. The smallest absolute Gasteiger partial charge is 0.416 e. The van der Waals surface area contributed by atoms with Crippen molar-refractivity contribution >= 4 is 5.90 Å². The fourth-order valence-electron chi connectivity index (χ4n) is 1.67. The van der Waals surface area contributed by atoms with E-state index in [1.165, 1.54) is 13.0 Å². The molecule has 1 aromatic carbocycles. The Morgan fingerprint density at radius 1 is 1.31 bits per heavy atom. The van der Waals surface area contributed by atoms with Crippen LogP contribution < -0.4 is 0 Å². The van der Waals surface area contributed by atoms with Gasteiger partial charge >= 0.3 is 6.18 Å². The molecule has 0 aromatic heterocycles. The average Bonchev–Trinajstić information content (AvgIpc) is 2.69. The summed E-state index contributed by atoms with van der Waals surface area (Å²) in [7, 11) is 0. The normalized spacial score (nSPS) is 15.9. The lowest BCUT2D eigenvalue weighted by Gasteiger charge is -2.13. The van der Waals surface area contributed by atoms with Crippen molar-refractivity contribution in [3.05, 3.63) is 34.9 Å². The van der Waals surface area contributed by atoms with E-state index >= 15 is 0 Å². The van der Waals surface area contributed by atoms with Crippen LogP contribution in [-0.4, -0.2) is 19.0 Å². The highest BCUT2D eigenvalue weighted by atomic mass is 19.4. The van der Waals surface area contributed by atoms with Gasteiger partial charge in [0.05, 0.1) is 12.1 Å². The highest BCUT2D eigenvalue weighted by Gasteiger charge is 2.33. The molecule has 2 rings (SSSR count). The Morgan fingerprint density at radius 2 is 2.06 bits per heavy atom. The van der Waals surface area contributed by atoms with E-state index in [2.05, 4.69) is 4.99 Å². The Bertz CT molecular complexity index is 437. The van der Waals surface area contributed by atoms with Crippen molar-refractivity contribution in [2.45, 2.75) is 13.1 Å². The van der Waals surface area contributed by atoms with Crippen LogP contribution >= 0.6 is 0 Å². The van der Waals surface area contributed by atoms with Crippen LogP contribution in [-0.2, 0) is 10.9 Å². The van der Waals surface area contributed by atoms with Crippen molar-refractivity contribution in [1.29, 1.82) is 0 Å². The molecule has 0 unspecified atom stereocenters. The number of nitrogens with zero attached hydrogens (tertiary/aromatic N) is 1. The van der Waals surface area contributed by atoms with Gasteiger partial charge in [0.1, 0.15) is 6.61 Å². The number of aliphatic imine (C=N–C) groups is 1. The Kier molecular flexibility index (Phi) is 2.61. The van der Waals surface area contributed by atoms with Gasteiger partial charge in [0.2, 0.25) is 5.90 Å². The molecule has 1 aliphatic rings. The van der Waals surface area contributed by atoms with Crippen LogP contribution in [0.5, 0.6) is 0 Å². The summed E-state index contributed by atoms with van der Waals surface area (Å²) in [6.07, 6.45) is -4.33. The SMILES string of the molecule is Cc1c(C2=NCCO2)cccc1C(F)(F)F. The van der Waals surface area contributed by atoms with Gasteiger partial charge in [0, 0.05) is 5.56 Å². The largest absolute Gasteiger partial charge is 0.476 e.